The van der Waals surface area contributed by atoms with Gasteiger partial charge in [0.1, 0.15) is 0 Å². The summed E-state index contributed by atoms with van der Waals surface area (Å²) in [4.78, 5) is 28.1. The monoisotopic (exact) mass is 296 g/mol. The van der Waals surface area contributed by atoms with Crippen molar-refractivity contribution in [3.05, 3.63) is 0 Å². The lowest BCUT2D eigenvalue weighted by Crippen LogP contribution is -2.48. The molecule has 2 aliphatic rings. The predicted octanol–water partition coefficient (Wildman–Crippen LogP) is 0.335. The standard InChI is InChI=1S/C15H28N4O2/c1-11(2)9-19(13-3-4-13)10-14(20)18-7-5-12(6-8-18)15(21)17-16/h11-13H,3-10,16H2,1-2H3,(H,17,21). The number of piperidine rings is 1. The average molecular weight is 296 g/mol. The molecule has 1 heterocycles. The van der Waals surface area contributed by atoms with Gasteiger partial charge >= 0.3 is 0 Å². The van der Waals surface area contributed by atoms with E-state index >= 15 is 0 Å². The topological polar surface area (TPSA) is 78.7 Å². The fourth-order valence-corrected chi connectivity index (χ4v) is 3.03. The molecule has 3 N–H and O–H groups in total. The van der Waals surface area contributed by atoms with E-state index in [4.69, 9.17) is 5.84 Å². The first-order valence-corrected chi connectivity index (χ1v) is 8.03. The summed E-state index contributed by atoms with van der Waals surface area (Å²) in [5.74, 6) is 5.79. The third-order valence-corrected chi connectivity index (χ3v) is 4.36. The number of nitrogens with one attached hydrogen (secondary N) is 1. The number of hydrogen-bond donors (Lipinski definition) is 2. The van der Waals surface area contributed by atoms with Crippen molar-refractivity contribution in [1.82, 2.24) is 15.2 Å². The van der Waals surface area contributed by atoms with Gasteiger partial charge in [-0.25, -0.2) is 5.84 Å². The second kappa shape index (κ2) is 7.22. The zero-order chi connectivity index (χ0) is 15.4. The van der Waals surface area contributed by atoms with Gasteiger partial charge in [0.05, 0.1) is 6.54 Å². The zero-order valence-corrected chi connectivity index (χ0v) is 13.2. The van der Waals surface area contributed by atoms with Crippen molar-refractivity contribution in [1.29, 1.82) is 0 Å². The van der Waals surface area contributed by atoms with Crippen LogP contribution in [-0.4, -0.2) is 53.8 Å². The average Bonchev–Trinajstić information content (AvgIpc) is 3.30. The molecule has 1 saturated heterocycles. The van der Waals surface area contributed by atoms with Crippen LogP contribution in [-0.2, 0) is 9.59 Å². The van der Waals surface area contributed by atoms with Gasteiger partial charge in [-0.3, -0.25) is 19.9 Å². The first-order valence-electron chi connectivity index (χ1n) is 8.03. The molecule has 1 aliphatic carbocycles. The summed E-state index contributed by atoms with van der Waals surface area (Å²) in [5.41, 5.74) is 2.21. The Labute approximate surface area is 127 Å². The number of likely N-dealkylation sites (tertiary alicyclic amines) is 1. The Morgan fingerprint density at radius 3 is 2.33 bits per heavy atom. The molecule has 1 saturated carbocycles. The van der Waals surface area contributed by atoms with Gasteiger partial charge in [-0.05, 0) is 31.6 Å². The van der Waals surface area contributed by atoms with Gasteiger partial charge in [0, 0.05) is 31.6 Å². The minimum atomic E-state index is -0.110. The van der Waals surface area contributed by atoms with Gasteiger partial charge in [-0.15, -0.1) is 0 Å². The lowest BCUT2D eigenvalue weighted by atomic mass is 9.96. The molecule has 0 aromatic rings. The van der Waals surface area contributed by atoms with E-state index in [1.807, 2.05) is 4.90 Å². The summed E-state index contributed by atoms with van der Waals surface area (Å²) < 4.78 is 0. The van der Waals surface area contributed by atoms with Crippen molar-refractivity contribution in [2.24, 2.45) is 17.7 Å². The van der Waals surface area contributed by atoms with Crippen LogP contribution in [0.5, 0.6) is 0 Å². The Kier molecular flexibility index (Phi) is 5.58. The van der Waals surface area contributed by atoms with Crippen molar-refractivity contribution in [2.75, 3.05) is 26.2 Å². The third-order valence-electron chi connectivity index (χ3n) is 4.36. The molecule has 6 nitrogen and oxygen atoms in total. The molecule has 0 aromatic carbocycles. The smallest absolute Gasteiger partial charge is 0.237 e. The van der Waals surface area contributed by atoms with Crippen molar-refractivity contribution < 1.29 is 9.59 Å². The van der Waals surface area contributed by atoms with E-state index in [-0.39, 0.29) is 17.7 Å². The second-order valence-corrected chi connectivity index (χ2v) is 6.72. The van der Waals surface area contributed by atoms with Crippen LogP contribution in [0, 0.1) is 11.8 Å². The summed E-state index contributed by atoms with van der Waals surface area (Å²) in [7, 11) is 0. The lowest BCUT2D eigenvalue weighted by molar-refractivity contribution is -0.136. The first-order chi connectivity index (χ1) is 10.0. The number of carbonyl (C=O) groups excluding carboxylic acids is 2. The maximum Gasteiger partial charge on any atom is 0.237 e. The molecule has 0 unspecified atom stereocenters. The molecule has 0 spiro atoms. The summed E-state index contributed by atoms with van der Waals surface area (Å²) in [6, 6.07) is 0.608. The van der Waals surface area contributed by atoms with Crippen molar-refractivity contribution in [2.45, 2.75) is 45.6 Å². The van der Waals surface area contributed by atoms with Crippen LogP contribution >= 0.6 is 0 Å². The Morgan fingerprint density at radius 2 is 1.86 bits per heavy atom. The quantitative estimate of drug-likeness (QED) is 0.421. The predicted molar refractivity (Wildman–Crippen MR) is 81.1 cm³/mol. The Balaban J connectivity index is 1.79. The molecule has 2 rings (SSSR count). The zero-order valence-electron chi connectivity index (χ0n) is 13.2. The minimum Gasteiger partial charge on any atom is -0.342 e. The number of amides is 2. The summed E-state index contributed by atoms with van der Waals surface area (Å²) in [6.45, 7) is 7.22. The van der Waals surface area contributed by atoms with Crippen LogP contribution < -0.4 is 11.3 Å². The highest BCUT2D eigenvalue weighted by molar-refractivity contribution is 5.80. The highest BCUT2D eigenvalue weighted by Gasteiger charge is 2.33. The molecule has 0 aromatic heterocycles. The second-order valence-electron chi connectivity index (χ2n) is 6.72. The van der Waals surface area contributed by atoms with Crippen LogP contribution in [0.25, 0.3) is 0 Å². The largest absolute Gasteiger partial charge is 0.342 e. The van der Waals surface area contributed by atoms with Gasteiger partial charge in [0.25, 0.3) is 0 Å². The van der Waals surface area contributed by atoms with Crippen LogP contribution in [0.2, 0.25) is 0 Å². The lowest BCUT2D eigenvalue weighted by Gasteiger charge is -2.33. The first kappa shape index (κ1) is 16.2. The number of hydrazine groups is 1. The van der Waals surface area contributed by atoms with Crippen LogP contribution in [0.4, 0.5) is 0 Å². The molecule has 120 valence electrons. The fraction of sp³-hybridized carbons (Fsp3) is 0.867. The molecule has 0 atom stereocenters. The third kappa shape index (κ3) is 4.68. The van der Waals surface area contributed by atoms with Crippen molar-refractivity contribution >= 4 is 11.8 Å². The molecule has 2 amide bonds. The molecule has 2 fully saturated rings. The van der Waals surface area contributed by atoms with E-state index in [1.54, 1.807) is 0 Å². The van der Waals surface area contributed by atoms with E-state index in [0.717, 1.165) is 6.54 Å². The molecular weight excluding hydrogens is 268 g/mol. The molecular formula is C15H28N4O2. The van der Waals surface area contributed by atoms with Crippen molar-refractivity contribution in [3.63, 3.8) is 0 Å². The van der Waals surface area contributed by atoms with E-state index in [1.165, 1.54) is 12.8 Å². The Hall–Kier alpha value is -1.14. The number of nitrogens with two attached hydrogens (primary N) is 1. The Bertz CT molecular complexity index is 374. The summed E-state index contributed by atoms with van der Waals surface area (Å²) in [5, 5.41) is 0. The van der Waals surface area contributed by atoms with Gasteiger partial charge in [-0.2, -0.15) is 0 Å². The molecule has 0 radical (unpaired) electrons. The van der Waals surface area contributed by atoms with Gasteiger partial charge < -0.3 is 4.90 Å². The molecule has 0 bridgehead atoms. The maximum absolute atomic E-state index is 12.4. The molecule has 1 aliphatic heterocycles. The summed E-state index contributed by atoms with van der Waals surface area (Å²) >= 11 is 0. The van der Waals surface area contributed by atoms with Crippen molar-refractivity contribution in [3.8, 4) is 0 Å². The highest BCUT2D eigenvalue weighted by Crippen LogP contribution is 2.27. The van der Waals surface area contributed by atoms with Gasteiger partial charge in [0.2, 0.25) is 11.8 Å². The van der Waals surface area contributed by atoms with E-state index in [0.29, 0.717) is 44.4 Å². The van der Waals surface area contributed by atoms with E-state index in [2.05, 4.69) is 24.2 Å². The maximum atomic E-state index is 12.4. The van der Waals surface area contributed by atoms with Crippen LogP contribution in [0.1, 0.15) is 39.5 Å². The van der Waals surface area contributed by atoms with Gasteiger partial charge in [0.15, 0.2) is 0 Å². The SMILES string of the molecule is CC(C)CN(CC(=O)N1CCC(C(=O)NN)CC1)C1CC1. The minimum absolute atomic E-state index is 0.0470. The molecule has 21 heavy (non-hydrogen) atoms. The fourth-order valence-electron chi connectivity index (χ4n) is 3.03. The summed E-state index contributed by atoms with van der Waals surface area (Å²) in [6.07, 6.45) is 3.86. The highest BCUT2D eigenvalue weighted by atomic mass is 16.2. The van der Waals surface area contributed by atoms with E-state index < -0.39 is 0 Å². The van der Waals surface area contributed by atoms with Crippen LogP contribution in [0.15, 0.2) is 0 Å². The van der Waals surface area contributed by atoms with Gasteiger partial charge in [-0.1, -0.05) is 13.8 Å². The molecule has 6 heteroatoms. The normalized spacial score (nSPS) is 20.1. The number of nitrogens with zero attached hydrogens (tertiary/aromatic N) is 2. The number of rotatable bonds is 6. The Morgan fingerprint density at radius 1 is 1.24 bits per heavy atom. The van der Waals surface area contributed by atoms with Crippen LogP contribution in [0.3, 0.4) is 0 Å². The van der Waals surface area contributed by atoms with E-state index in [9.17, 15) is 9.59 Å². The number of carbonyl (C=O) groups is 2. The number of hydrogen-bond acceptors (Lipinski definition) is 4.